The highest BCUT2D eigenvalue weighted by Gasteiger charge is 2.35. The molecule has 0 amide bonds. The van der Waals surface area contributed by atoms with Gasteiger partial charge in [0.05, 0.1) is 0 Å². The van der Waals surface area contributed by atoms with Crippen LogP contribution in [0.2, 0.25) is 0 Å². The minimum atomic E-state index is 0.388. The zero-order valence-corrected chi connectivity index (χ0v) is 11.4. The molecule has 0 unspecified atom stereocenters. The van der Waals surface area contributed by atoms with Gasteiger partial charge in [-0.05, 0) is 34.9 Å². The molecule has 1 saturated carbocycles. The minimum absolute atomic E-state index is 0.388. The van der Waals surface area contributed by atoms with E-state index in [9.17, 15) is 0 Å². The first-order valence-corrected chi connectivity index (χ1v) is 7.48. The Morgan fingerprint density at radius 1 is 0.947 bits per heavy atom. The fourth-order valence-corrected chi connectivity index (χ4v) is 3.92. The molecule has 2 aromatic carbocycles. The Labute approximate surface area is 116 Å². The third-order valence-electron chi connectivity index (χ3n) is 3.89. The lowest BCUT2D eigenvalue weighted by Gasteiger charge is -2.03. The molecule has 0 aliphatic heterocycles. The first-order chi connectivity index (χ1) is 9.33. The van der Waals surface area contributed by atoms with E-state index in [1.807, 2.05) is 11.3 Å². The average molecular weight is 265 g/mol. The summed E-state index contributed by atoms with van der Waals surface area (Å²) < 4.78 is 0. The second-order valence-electron chi connectivity index (χ2n) is 5.23. The highest BCUT2D eigenvalue weighted by molar-refractivity contribution is 7.15. The maximum Gasteiger partial charge on any atom is 0.0352 e. The zero-order valence-electron chi connectivity index (χ0n) is 10.5. The van der Waals surface area contributed by atoms with Crippen molar-refractivity contribution in [3.05, 3.63) is 59.5 Å². The fourth-order valence-electron chi connectivity index (χ4n) is 2.68. The summed E-state index contributed by atoms with van der Waals surface area (Å²) in [6.07, 6.45) is 1.15. The van der Waals surface area contributed by atoms with Crippen LogP contribution in [0.3, 0.4) is 0 Å². The third-order valence-corrected chi connectivity index (χ3v) is 5.14. The minimum Gasteiger partial charge on any atom is -0.327 e. The van der Waals surface area contributed by atoms with Crippen LogP contribution in [0.25, 0.3) is 21.2 Å². The molecule has 1 fully saturated rings. The molecule has 1 aromatic heterocycles. The van der Waals surface area contributed by atoms with Crippen molar-refractivity contribution in [3.8, 4) is 10.4 Å². The van der Waals surface area contributed by atoms with Crippen molar-refractivity contribution < 1.29 is 0 Å². The first-order valence-electron chi connectivity index (χ1n) is 6.66. The summed E-state index contributed by atoms with van der Waals surface area (Å²) in [4.78, 5) is 2.79. The van der Waals surface area contributed by atoms with E-state index >= 15 is 0 Å². The van der Waals surface area contributed by atoms with Crippen LogP contribution in [-0.2, 0) is 0 Å². The Balaban J connectivity index is 1.83. The van der Waals surface area contributed by atoms with E-state index in [1.165, 1.54) is 26.1 Å². The van der Waals surface area contributed by atoms with Crippen LogP contribution in [0.5, 0.6) is 0 Å². The van der Waals surface area contributed by atoms with E-state index in [1.54, 1.807) is 0 Å². The van der Waals surface area contributed by atoms with Gasteiger partial charge in [-0.2, -0.15) is 0 Å². The van der Waals surface area contributed by atoms with E-state index in [0.29, 0.717) is 12.0 Å². The van der Waals surface area contributed by atoms with Crippen LogP contribution in [0.15, 0.2) is 54.6 Å². The molecule has 1 heterocycles. The van der Waals surface area contributed by atoms with Gasteiger partial charge in [-0.25, -0.2) is 0 Å². The molecule has 0 saturated heterocycles. The Bertz CT molecular complexity index is 738. The maximum absolute atomic E-state index is 5.94. The molecule has 1 aliphatic rings. The lowest BCUT2D eigenvalue weighted by atomic mass is 10.0. The summed E-state index contributed by atoms with van der Waals surface area (Å²) in [5.41, 5.74) is 7.28. The van der Waals surface area contributed by atoms with Gasteiger partial charge in [0.15, 0.2) is 0 Å². The molecular formula is C17H15NS. The first kappa shape index (κ1) is 11.2. The lowest BCUT2D eigenvalue weighted by Crippen LogP contribution is -1.99. The van der Waals surface area contributed by atoms with Gasteiger partial charge in [-0.3, -0.25) is 0 Å². The molecule has 2 atom stereocenters. The number of hydrogen-bond acceptors (Lipinski definition) is 2. The second-order valence-corrected chi connectivity index (χ2v) is 6.35. The molecule has 1 aliphatic carbocycles. The van der Waals surface area contributed by atoms with Gasteiger partial charge >= 0.3 is 0 Å². The summed E-state index contributed by atoms with van der Waals surface area (Å²) in [6.45, 7) is 0. The lowest BCUT2D eigenvalue weighted by molar-refractivity contribution is 1.01. The second kappa shape index (κ2) is 4.19. The van der Waals surface area contributed by atoms with Crippen molar-refractivity contribution in [1.29, 1.82) is 0 Å². The van der Waals surface area contributed by atoms with Gasteiger partial charge in [0.25, 0.3) is 0 Å². The van der Waals surface area contributed by atoms with Crippen LogP contribution >= 0.6 is 11.3 Å². The predicted octanol–water partition coefficient (Wildman–Crippen LogP) is 4.38. The van der Waals surface area contributed by atoms with Crippen molar-refractivity contribution in [3.63, 3.8) is 0 Å². The molecule has 4 rings (SSSR count). The Kier molecular flexibility index (Phi) is 2.47. The van der Waals surface area contributed by atoms with E-state index in [-0.39, 0.29) is 0 Å². The van der Waals surface area contributed by atoms with E-state index < -0.39 is 0 Å². The average Bonchev–Trinajstić information content (AvgIpc) is 3.00. The largest absolute Gasteiger partial charge is 0.327 e. The molecular weight excluding hydrogens is 250 g/mol. The number of benzene rings is 2. The highest BCUT2D eigenvalue weighted by Crippen LogP contribution is 2.44. The van der Waals surface area contributed by atoms with Crippen molar-refractivity contribution in [1.82, 2.24) is 0 Å². The standard InChI is InChI=1S/C17H15NS/c18-15-10-14(15)17-9-8-16(19-17)13-7-3-5-11-4-1-2-6-12(11)13/h1-9,14-15H,10,18H2/t14-,15-/m1/s1. The number of hydrogen-bond donors (Lipinski definition) is 1. The summed E-state index contributed by atoms with van der Waals surface area (Å²) in [5.74, 6) is 0.605. The van der Waals surface area contributed by atoms with Crippen LogP contribution < -0.4 is 5.73 Å². The van der Waals surface area contributed by atoms with Crippen molar-refractivity contribution in [2.75, 3.05) is 0 Å². The molecule has 94 valence electrons. The number of rotatable bonds is 2. The van der Waals surface area contributed by atoms with Crippen LogP contribution in [-0.4, -0.2) is 6.04 Å². The zero-order chi connectivity index (χ0) is 12.8. The highest BCUT2D eigenvalue weighted by atomic mass is 32.1. The molecule has 0 radical (unpaired) electrons. The van der Waals surface area contributed by atoms with Gasteiger partial charge in [0.1, 0.15) is 0 Å². The maximum atomic E-state index is 5.94. The SMILES string of the molecule is N[C@@H]1C[C@H]1c1ccc(-c2cccc3ccccc23)s1. The summed E-state index contributed by atoms with van der Waals surface area (Å²) in [6, 6.07) is 20.0. The predicted molar refractivity (Wildman–Crippen MR) is 82.6 cm³/mol. The molecule has 0 bridgehead atoms. The summed E-state index contributed by atoms with van der Waals surface area (Å²) >= 11 is 1.90. The van der Waals surface area contributed by atoms with Crippen LogP contribution in [0.1, 0.15) is 17.2 Å². The summed E-state index contributed by atoms with van der Waals surface area (Å²) in [7, 11) is 0. The van der Waals surface area contributed by atoms with Crippen LogP contribution in [0.4, 0.5) is 0 Å². The number of fused-ring (bicyclic) bond motifs is 1. The number of thiophene rings is 1. The van der Waals surface area contributed by atoms with E-state index in [4.69, 9.17) is 5.73 Å². The molecule has 2 N–H and O–H groups in total. The van der Waals surface area contributed by atoms with Gasteiger partial charge < -0.3 is 5.73 Å². The Hall–Kier alpha value is -1.64. The Morgan fingerprint density at radius 3 is 2.58 bits per heavy atom. The molecule has 3 aromatic rings. The molecule has 2 heteroatoms. The monoisotopic (exact) mass is 265 g/mol. The van der Waals surface area contributed by atoms with Gasteiger partial charge in [-0.15, -0.1) is 11.3 Å². The number of nitrogens with two attached hydrogens (primary N) is 1. The van der Waals surface area contributed by atoms with Crippen molar-refractivity contribution in [2.45, 2.75) is 18.4 Å². The van der Waals surface area contributed by atoms with Crippen molar-refractivity contribution >= 4 is 22.1 Å². The molecule has 0 spiro atoms. The topological polar surface area (TPSA) is 26.0 Å². The Morgan fingerprint density at radius 2 is 1.74 bits per heavy atom. The normalized spacial score (nSPS) is 21.7. The molecule has 19 heavy (non-hydrogen) atoms. The fraction of sp³-hybridized carbons (Fsp3) is 0.176. The molecule has 1 nitrogen and oxygen atoms in total. The van der Waals surface area contributed by atoms with Gasteiger partial charge in [0.2, 0.25) is 0 Å². The van der Waals surface area contributed by atoms with Crippen LogP contribution in [0, 0.1) is 0 Å². The van der Waals surface area contributed by atoms with Crippen molar-refractivity contribution in [2.24, 2.45) is 5.73 Å². The quantitative estimate of drug-likeness (QED) is 0.731. The van der Waals surface area contributed by atoms with E-state index in [2.05, 4.69) is 54.6 Å². The van der Waals surface area contributed by atoms with E-state index in [0.717, 1.165) is 6.42 Å². The van der Waals surface area contributed by atoms with Gasteiger partial charge in [-0.1, -0.05) is 42.5 Å². The summed E-state index contributed by atoms with van der Waals surface area (Å²) in [5, 5.41) is 2.64. The smallest absolute Gasteiger partial charge is 0.0352 e. The van der Waals surface area contributed by atoms with Gasteiger partial charge in [0, 0.05) is 21.7 Å². The third kappa shape index (κ3) is 1.88.